The molecular formula is C12H24N2S2. The Morgan fingerprint density at radius 2 is 2.06 bits per heavy atom. The average Bonchev–Trinajstić information content (AvgIpc) is 2.29. The van der Waals surface area contributed by atoms with Gasteiger partial charge in [-0.1, -0.05) is 19.3 Å². The van der Waals surface area contributed by atoms with Crippen LogP contribution in [0.25, 0.3) is 0 Å². The van der Waals surface area contributed by atoms with E-state index in [0.717, 1.165) is 10.9 Å². The van der Waals surface area contributed by atoms with Gasteiger partial charge in [0.2, 0.25) is 0 Å². The fraction of sp³-hybridized carbons (Fsp3) is 0.917. The summed E-state index contributed by atoms with van der Waals surface area (Å²) in [5, 5.41) is 4.43. The number of thiocarbonyl (C=S) groups is 1. The lowest BCUT2D eigenvalue weighted by Crippen LogP contribution is -2.47. The second-order valence-corrected chi connectivity index (χ2v) is 6.00. The minimum Gasteiger partial charge on any atom is -0.360 e. The number of nitrogens with one attached hydrogen (secondary N) is 1. The highest BCUT2D eigenvalue weighted by Crippen LogP contribution is 2.17. The zero-order chi connectivity index (χ0) is 12.0. The minimum atomic E-state index is 0.513. The highest BCUT2D eigenvalue weighted by Gasteiger charge is 2.17. The summed E-state index contributed by atoms with van der Waals surface area (Å²) >= 11 is 7.33. The van der Waals surface area contributed by atoms with E-state index in [-0.39, 0.29) is 0 Å². The summed E-state index contributed by atoms with van der Waals surface area (Å²) in [5.74, 6) is 1.13. The van der Waals surface area contributed by atoms with E-state index in [2.05, 4.69) is 30.4 Å². The minimum absolute atomic E-state index is 0.513. The number of hydrogen-bond acceptors (Lipinski definition) is 2. The van der Waals surface area contributed by atoms with Gasteiger partial charge >= 0.3 is 0 Å². The van der Waals surface area contributed by atoms with Gasteiger partial charge in [0, 0.05) is 24.9 Å². The highest BCUT2D eigenvalue weighted by atomic mass is 32.2. The first kappa shape index (κ1) is 14.1. The van der Waals surface area contributed by atoms with Crippen LogP contribution in [-0.2, 0) is 0 Å². The van der Waals surface area contributed by atoms with Gasteiger partial charge in [0.05, 0.1) is 0 Å². The number of hydrogen-bond donors (Lipinski definition) is 1. The molecule has 0 heterocycles. The molecule has 0 aromatic heterocycles. The number of rotatable bonds is 4. The van der Waals surface area contributed by atoms with Gasteiger partial charge in [-0.3, -0.25) is 0 Å². The quantitative estimate of drug-likeness (QED) is 0.782. The second-order valence-electron chi connectivity index (χ2n) is 4.70. The largest absolute Gasteiger partial charge is 0.360 e. The summed E-state index contributed by atoms with van der Waals surface area (Å²) in [5.41, 5.74) is 0. The third-order valence-corrected chi connectivity index (χ3v) is 4.54. The zero-order valence-corrected chi connectivity index (χ0v) is 12.3. The molecule has 1 atom stereocenters. The van der Waals surface area contributed by atoms with E-state index in [4.69, 9.17) is 12.2 Å². The summed E-state index contributed by atoms with van der Waals surface area (Å²) in [6, 6.07) is 1.13. The van der Waals surface area contributed by atoms with Gasteiger partial charge in [-0.25, -0.2) is 0 Å². The van der Waals surface area contributed by atoms with Crippen LogP contribution in [0.5, 0.6) is 0 Å². The molecule has 0 spiro atoms. The maximum absolute atomic E-state index is 5.45. The van der Waals surface area contributed by atoms with Gasteiger partial charge in [-0.15, -0.1) is 0 Å². The molecule has 0 saturated heterocycles. The Morgan fingerprint density at radius 3 is 2.62 bits per heavy atom. The Labute approximate surface area is 110 Å². The maximum Gasteiger partial charge on any atom is 0.169 e. The van der Waals surface area contributed by atoms with Crippen molar-refractivity contribution in [2.24, 2.45) is 0 Å². The van der Waals surface area contributed by atoms with Gasteiger partial charge in [0.25, 0.3) is 0 Å². The van der Waals surface area contributed by atoms with Crippen LogP contribution in [-0.4, -0.2) is 41.2 Å². The van der Waals surface area contributed by atoms with Crippen molar-refractivity contribution >= 4 is 29.1 Å². The summed E-state index contributed by atoms with van der Waals surface area (Å²) in [6.45, 7) is 2.23. The number of thioether (sulfide) groups is 1. The first-order chi connectivity index (χ1) is 7.65. The Morgan fingerprint density at radius 1 is 1.44 bits per heavy atom. The molecule has 1 rings (SSSR count). The molecule has 4 heteroatoms. The van der Waals surface area contributed by atoms with Crippen molar-refractivity contribution in [3.63, 3.8) is 0 Å². The van der Waals surface area contributed by atoms with E-state index in [1.54, 1.807) is 0 Å². The Kier molecular flexibility index (Phi) is 6.51. The third-order valence-electron chi connectivity index (χ3n) is 3.32. The van der Waals surface area contributed by atoms with Crippen molar-refractivity contribution in [2.75, 3.05) is 19.1 Å². The molecular weight excluding hydrogens is 236 g/mol. The normalized spacial score (nSPS) is 19.2. The van der Waals surface area contributed by atoms with Crippen molar-refractivity contribution in [3.8, 4) is 0 Å². The van der Waals surface area contributed by atoms with Crippen molar-refractivity contribution in [1.82, 2.24) is 10.2 Å². The van der Waals surface area contributed by atoms with Gasteiger partial charge in [0.1, 0.15) is 0 Å². The molecule has 0 bridgehead atoms. The molecule has 0 aromatic carbocycles. The van der Waals surface area contributed by atoms with Crippen molar-refractivity contribution in [3.05, 3.63) is 0 Å². The third kappa shape index (κ3) is 4.50. The molecule has 1 aliphatic carbocycles. The average molecular weight is 260 g/mol. The predicted octanol–water partition coefficient (Wildman–Crippen LogP) is 2.88. The van der Waals surface area contributed by atoms with Gasteiger partial charge in [0.15, 0.2) is 5.11 Å². The van der Waals surface area contributed by atoms with Crippen molar-refractivity contribution in [1.29, 1.82) is 0 Å². The highest BCUT2D eigenvalue weighted by molar-refractivity contribution is 7.98. The van der Waals surface area contributed by atoms with Crippen LogP contribution in [0, 0.1) is 0 Å². The second kappa shape index (κ2) is 7.38. The van der Waals surface area contributed by atoms with Crippen molar-refractivity contribution < 1.29 is 0 Å². The van der Waals surface area contributed by atoms with Crippen LogP contribution < -0.4 is 5.32 Å². The number of nitrogens with zero attached hydrogens (tertiary/aromatic N) is 1. The van der Waals surface area contributed by atoms with E-state index in [1.807, 2.05) is 11.8 Å². The molecule has 0 radical (unpaired) electrons. The fourth-order valence-corrected chi connectivity index (χ4v) is 3.13. The van der Waals surface area contributed by atoms with Crippen LogP contribution in [0.2, 0.25) is 0 Å². The topological polar surface area (TPSA) is 15.3 Å². The van der Waals surface area contributed by atoms with Crippen LogP contribution in [0.4, 0.5) is 0 Å². The lowest BCUT2D eigenvalue weighted by molar-refractivity contribution is 0.373. The molecule has 1 fully saturated rings. The van der Waals surface area contributed by atoms with Crippen LogP contribution in [0.15, 0.2) is 0 Å². The zero-order valence-electron chi connectivity index (χ0n) is 10.7. The molecule has 0 aliphatic heterocycles. The maximum atomic E-state index is 5.45. The first-order valence-electron chi connectivity index (χ1n) is 6.17. The SMILES string of the molecule is CSCC(C)N(C)C(=S)NC1CCCCC1. The molecule has 1 unspecified atom stereocenters. The molecule has 94 valence electrons. The summed E-state index contributed by atoms with van der Waals surface area (Å²) in [7, 11) is 2.10. The van der Waals surface area contributed by atoms with Gasteiger partial charge in [-0.05, 0) is 38.2 Å². The van der Waals surface area contributed by atoms with Crippen LogP contribution in [0.1, 0.15) is 39.0 Å². The lowest BCUT2D eigenvalue weighted by Gasteiger charge is -2.31. The summed E-state index contributed by atoms with van der Waals surface area (Å²) in [6.07, 6.45) is 8.80. The van der Waals surface area contributed by atoms with E-state index in [9.17, 15) is 0 Å². The van der Waals surface area contributed by atoms with Crippen LogP contribution >= 0.6 is 24.0 Å². The van der Waals surface area contributed by atoms with E-state index in [0.29, 0.717) is 12.1 Å². The smallest absolute Gasteiger partial charge is 0.169 e. The Bertz CT molecular complexity index is 215. The lowest BCUT2D eigenvalue weighted by atomic mass is 9.96. The standard InChI is InChI=1S/C12H24N2S2/c1-10(9-16-3)14(2)12(15)13-11-7-5-4-6-8-11/h10-11H,4-9H2,1-3H3,(H,13,15). The van der Waals surface area contributed by atoms with Gasteiger partial charge < -0.3 is 10.2 Å². The van der Waals surface area contributed by atoms with E-state index >= 15 is 0 Å². The predicted molar refractivity (Wildman–Crippen MR) is 78.2 cm³/mol. The van der Waals surface area contributed by atoms with E-state index in [1.165, 1.54) is 32.1 Å². The van der Waals surface area contributed by atoms with E-state index < -0.39 is 0 Å². The molecule has 1 aliphatic rings. The molecule has 1 N–H and O–H groups in total. The molecule has 16 heavy (non-hydrogen) atoms. The fourth-order valence-electron chi connectivity index (χ4n) is 2.08. The molecule has 1 saturated carbocycles. The van der Waals surface area contributed by atoms with Crippen molar-refractivity contribution in [2.45, 2.75) is 51.1 Å². The van der Waals surface area contributed by atoms with Gasteiger partial charge in [-0.2, -0.15) is 11.8 Å². The van der Waals surface area contributed by atoms with Crippen LogP contribution in [0.3, 0.4) is 0 Å². The Hall–Kier alpha value is 0.0400. The molecule has 0 aromatic rings. The summed E-state index contributed by atoms with van der Waals surface area (Å²) in [4.78, 5) is 2.19. The Balaban J connectivity index is 2.32. The monoisotopic (exact) mass is 260 g/mol. The summed E-state index contributed by atoms with van der Waals surface area (Å²) < 4.78 is 0. The molecule has 2 nitrogen and oxygen atoms in total. The molecule has 0 amide bonds. The first-order valence-corrected chi connectivity index (χ1v) is 7.97.